The summed E-state index contributed by atoms with van der Waals surface area (Å²) >= 11 is 0. The van der Waals surface area contributed by atoms with Crippen LogP contribution in [0.25, 0.3) is 16.9 Å². The maximum absolute atomic E-state index is 4.95. The van der Waals surface area contributed by atoms with Crippen molar-refractivity contribution in [3.8, 4) is 11.3 Å². The van der Waals surface area contributed by atoms with Gasteiger partial charge in [0.25, 0.3) is 0 Å². The fraction of sp³-hybridized carbons (Fsp3) is 0.381. The number of aryl methyl sites for hydroxylation is 1. The highest BCUT2D eigenvalue weighted by atomic mass is 15.0. The van der Waals surface area contributed by atoms with Gasteiger partial charge >= 0.3 is 0 Å². The first-order valence-corrected chi connectivity index (χ1v) is 8.84. The Labute approximate surface area is 138 Å². The van der Waals surface area contributed by atoms with E-state index in [-0.39, 0.29) is 0 Å². The SMILES string of the molecule is Cc1ccc2nc(-c3ccccc3)c(CC3CCCCC3)n2c1. The first-order chi connectivity index (χ1) is 11.3. The average Bonchev–Trinajstić information content (AvgIpc) is 2.95. The van der Waals surface area contributed by atoms with Gasteiger partial charge in [-0.25, -0.2) is 4.98 Å². The Hall–Kier alpha value is -2.09. The number of imidazole rings is 1. The molecule has 1 fully saturated rings. The third-order valence-corrected chi connectivity index (χ3v) is 5.12. The number of hydrogen-bond donors (Lipinski definition) is 0. The van der Waals surface area contributed by atoms with Crippen LogP contribution in [0.3, 0.4) is 0 Å². The Morgan fingerprint density at radius 2 is 1.78 bits per heavy atom. The number of fused-ring (bicyclic) bond motifs is 1. The Balaban J connectivity index is 1.82. The van der Waals surface area contributed by atoms with E-state index >= 15 is 0 Å². The molecule has 0 bridgehead atoms. The lowest BCUT2D eigenvalue weighted by Gasteiger charge is -2.21. The van der Waals surface area contributed by atoms with E-state index in [2.05, 4.69) is 60.0 Å². The molecule has 1 saturated carbocycles. The highest BCUT2D eigenvalue weighted by Crippen LogP contribution is 2.32. The summed E-state index contributed by atoms with van der Waals surface area (Å²) in [6.07, 6.45) is 10.3. The fourth-order valence-electron chi connectivity index (χ4n) is 3.89. The van der Waals surface area contributed by atoms with Gasteiger partial charge in [-0.05, 0) is 30.9 Å². The van der Waals surface area contributed by atoms with E-state index in [0.717, 1.165) is 18.0 Å². The molecule has 1 aliphatic rings. The van der Waals surface area contributed by atoms with Crippen molar-refractivity contribution in [1.82, 2.24) is 9.38 Å². The van der Waals surface area contributed by atoms with E-state index in [9.17, 15) is 0 Å². The fourth-order valence-corrected chi connectivity index (χ4v) is 3.89. The normalized spacial score (nSPS) is 16.0. The number of aromatic nitrogens is 2. The van der Waals surface area contributed by atoms with E-state index in [1.165, 1.54) is 54.6 Å². The lowest BCUT2D eigenvalue weighted by Crippen LogP contribution is -2.11. The molecule has 2 aromatic heterocycles. The van der Waals surface area contributed by atoms with E-state index in [1.54, 1.807) is 0 Å². The van der Waals surface area contributed by atoms with Crippen molar-refractivity contribution in [1.29, 1.82) is 0 Å². The van der Waals surface area contributed by atoms with Crippen molar-refractivity contribution >= 4 is 5.65 Å². The maximum Gasteiger partial charge on any atom is 0.137 e. The molecule has 0 radical (unpaired) electrons. The summed E-state index contributed by atoms with van der Waals surface area (Å²) in [5, 5.41) is 0. The molecule has 0 saturated heterocycles. The molecule has 2 heterocycles. The van der Waals surface area contributed by atoms with Gasteiger partial charge in [0, 0.05) is 11.8 Å². The second-order valence-corrected chi connectivity index (χ2v) is 6.92. The van der Waals surface area contributed by atoms with Crippen molar-refractivity contribution in [2.75, 3.05) is 0 Å². The lowest BCUT2D eigenvalue weighted by molar-refractivity contribution is 0.354. The third-order valence-electron chi connectivity index (χ3n) is 5.12. The summed E-state index contributed by atoms with van der Waals surface area (Å²) in [6.45, 7) is 2.16. The summed E-state index contributed by atoms with van der Waals surface area (Å²) in [6, 6.07) is 14.9. The largest absolute Gasteiger partial charge is 0.303 e. The molecular formula is C21H24N2. The number of hydrogen-bond acceptors (Lipinski definition) is 1. The number of benzene rings is 1. The number of rotatable bonds is 3. The van der Waals surface area contributed by atoms with Gasteiger partial charge in [0.05, 0.1) is 11.4 Å². The van der Waals surface area contributed by atoms with Crippen LogP contribution in [0.1, 0.15) is 43.4 Å². The second kappa shape index (κ2) is 6.19. The van der Waals surface area contributed by atoms with Gasteiger partial charge < -0.3 is 4.40 Å². The molecular weight excluding hydrogens is 280 g/mol. The third kappa shape index (κ3) is 2.90. The molecule has 2 heteroatoms. The van der Waals surface area contributed by atoms with E-state index in [0.29, 0.717) is 0 Å². The molecule has 4 rings (SSSR count). The molecule has 2 nitrogen and oxygen atoms in total. The first kappa shape index (κ1) is 14.5. The summed E-state index contributed by atoms with van der Waals surface area (Å²) in [7, 11) is 0. The van der Waals surface area contributed by atoms with Crippen molar-refractivity contribution < 1.29 is 0 Å². The van der Waals surface area contributed by atoms with Gasteiger partial charge in [0.2, 0.25) is 0 Å². The van der Waals surface area contributed by atoms with E-state index < -0.39 is 0 Å². The van der Waals surface area contributed by atoms with Crippen molar-refractivity contribution in [3.05, 3.63) is 59.9 Å². The Morgan fingerprint density at radius 3 is 2.57 bits per heavy atom. The zero-order valence-corrected chi connectivity index (χ0v) is 13.8. The van der Waals surface area contributed by atoms with Crippen LogP contribution in [0.15, 0.2) is 48.7 Å². The minimum absolute atomic E-state index is 0.812. The van der Waals surface area contributed by atoms with Crippen LogP contribution < -0.4 is 0 Å². The maximum atomic E-state index is 4.95. The van der Waals surface area contributed by atoms with E-state index in [1.807, 2.05) is 0 Å². The predicted octanol–water partition coefficient (Wildman–Crippen LogP) is 5.43. The minimum atomic E-state index is 0.812. The van der Waals surface area contributed by atoms with Gasteiger partial charge in [0.15, 0.2) is 0 Å². The molecule has 3 aromatic rings. The van der Waals surface area contributed by atoms with Crippen LogP contribution in [0, 0.1) is 12.8 Å². The minimum Gasteiger partial charge on any atom is -0.303 e. The molecule has 0 N–H and O–H groups in total. The van der Waals surface area contributed by atoms with Crippen LogP contribution in [-0.2, 0) is 6.42 Å². The molecule has 23 heavy (non-hydrogen) atoms. The van der Waals surface area contributed by atoms with Crippen LogP contribution in [0.4, 0.5) is 0 Å². The van der Waals surface area contributed by atoms with Crippen molar-refractivity contribution in [3.63, 3.8) is 0 Å². The van der Waals surface area contributed by atoms with Gasteiger partial charge in [0.1, 0.15) is 5.65 Å². The quantitative estimate of drug-likeness (QED) is 0.630. The molecule has 0 spiro atoms. The van der Waals surface area contributed by atoms with E-state index in [4.69, 9.17) is 4.98 Å². The number of nitrogens with zero attached hydrogens (tertiary/aromatic N) is 2. The monoisotopic (exact) mass is 304 g/mol. The molecule has 118 valence electrons. The summed E-state index contributed by atoms with van der Waals surface area (Å²) in [5.41, 5.74) is 6.16. The van der Waals surface area contributed by atoms with Crippen LogP contribution in [0.5, 0.6) is 0 Å². The topological polar surface area (TPSA) is 17.3 Å². The number of pyridine rings is 1. The smallest absolute Gasteiger partial charge is 0.137 e. The molecule has 0 aliphatic heterocycles. The van der Waals surface area contributed by atoms with Crippen LogP contribution in [-0.4, -0.2) is 9.38 Å². The molecule has 0 unspecified atom stereocenters. The van der Waals surface area contributed by atoms with Crippen molar-refractivity contribution in [2.45, 2.75) is 45.4 Å². The highest BCUT2D eigenvalue weighted by Gasteiger charge is 2.20. The summed E-state index contributed by atoms with van der Waals surface area (Å²) < 4.78 is 2.33. The van der Waals surface area contributed by atoms with Gasteiger partial charge in [-0.3, -0.25) is 0 Å². The molecule has 0 amide bonds. The zero-order chi connectivity index (χ0) is 15.6. The highest BCUT2D eigenvalue weighted by molar-refractivity contribution is 5.66. The Kier molecular flexibility index (Phi) is 3.90. The summed E-state index contributed by atoms with van der Waals surface area (Å²) in [5.74, 6) is 0.812. The van der Waals surface area contributed by atoms with Crippen molar-refractivity contribution in [2.24, 2.45) is 5.92 Å². The molecule has 0 atom stereocenters. The first-order valence-electron chi connectivity index (χ1n) is 8.84. The standard InChI is InChI=1S/C21H24N2/c1-16-12-13-20-22-21(18-10-6-3-7-11-18)19(23(20)15-16)14-17-8-4-2-5-9-17/h3,6-7,10-13,15,17H,2,4-5,8-9,14H2,1H3. The second-order valence-electron chi connectivity index (χ2n) is 6.92. The summed E-state index contributed by atoms with van der Waals surface area (Å²) in [4.78, 5) is 4.95. The zero-order valence-electron chi connectivity index (χ0n) is 13.8. The van der Waals surface area contributed by atoms with Crippen LogP contribution in [0.2, 0.25) is 0 Å². The molecule has 1 aliphatic carbocycles. The average molecular weight is 304 g/mol. The lowest BCUT2D eigenvalue weighted by atomic mass is 9.85. The molecule has 1 aromatic carbocycles. The predicted molar refractivity (Wildman–Crippen MR) is 95.6 cm³/mol. The van der Waals surface area contributed by atoms with Crippen LogP contribution >= 0.6 is 0 Å². The Bertz CT molecular complexity index is 795. The van der Waals surface area contributed by atoms with Gasteiger partial charge in [-0.15, -0.1) is 0 Å². The Morgan fingerprint density at radius 1 is 1.00 bits per heavy atom. The van der Waals surface area contributed by atoms with Gasteiger partial charge in [-0.1, -0.05) is 68.5 Å². The van der Waals surface area contributed by atoms with Gasteiger partial charge in [-0.2, -0.15) is 0 Å².